The van der Waals surface area contributed by atoms with E-state index in [0.717, 1.165) is 6.42 Å². The summed E-state index contributed by atoms with van der Waals surface area (Å²) in [4.78, 5) is 3.34. The van der Waals surface area contributed by atoms with E-state index in [1.54, 1.807) is 0 Å². The minimum atomic E-state index is 0.186. The third-order valence-corrected chi connectivity index (χ3v) is 3.13. The Kier molecular flexibility index (Phi) is 2.46. The zero-order valence-corrected chi connectivity index (χ0v) is 8.88. The van der Waals surface area contributed by atoms with E-state index >= 15 is 0 Å². The summed E-state index contributed by atoms with van der Waals surface area (Å²) in [7, 11) is 0. The Labute approximate surface area is 85.2 Å². The topological polar surface area (TPSA) is 41.8 Å². The fourth-order valence-electron chi connectivity index (χ4n) is 2.01. The maximum absolute atomic E-state index is 5.86. The van der Waals surface area contributed by atoms with Gasteiger partial charge in [0.2, 0.25) is 0 Å². The molecule has 1 heterocycles. The Morgan fingerprint density at radius 3 is 3.14 bits per heavy atom. The van der Waals surface area contributed by atoms with Crippen LogP contribution in [0.25, 0.3) is 6.08 Å². The Morgan fingerprint density at radius 1 is 1.64 bits per heavy atom. The average Bonchev–Trinajstić information content (AvgIpc) is 2.59. The SMILES string of the molecule is CCC(C)c1c[nH]c2c1C=CC(N)C2. The van der Waals surface area contributed by atoms with Crippen LogP contribution in [-0.2, 0) is 6.42 Å². The first-order chi connectivity index (χ1) is 6.72. The lowest BCUT2D eigenvalue weighted by Crippen LogP contribution is -2.22. The highest BCUT2D eigenvalue weighted by Gasteiger charge is 2.17. The first kappa shape index (κ1) is 9.53. The first-order valence-electron chi connectivity index (χ1n) is 5.36. The number of hydrogen-bond donors (Lipinski definition) is 2. The second-order valence-electron chi connectivity index (χ2n) is 4.17. The Hall–Kier alpha value is -1.02. The zero-order chi connectivity index (χ0) is 10.1. The molecule has 2 unspecified atom stereocenters. The molecule has 0 aromatic carbocycles. The van der Waals surface area contributed by atoms with Crippen molar-refractivity contribution in [2.45, 2.75) is 38.6 Å². The highest BCUT2D eigenvalue weighted by atomic mass is 14.7. The van der Waals surface area contributed by atoms with Gasteiger partial charge in [-0.3, -0.25) is 0 Å². The van der Waals surface area contributed by atoms with Crippen molar-refractivity contribution in [3.63, 3.8) is 0 Å². The minimum Gasteiger partial charge on any atom is -0.364 e. The van der Waals surface area contributed by atoms with E-state index in [1.807, 2.05) is 0 Å². The van der Waals surface area contributed by atoms with Crippen molar-refractivity contribution in [3.8, 4) is 0 Å². The van der Waals surface area contributed by atoms with E-state index in [4.69, 9.17) is 5.73 Å². The number of H-pyrrole nitrogens is 1. The molecule has 2 heteroatoms. The lowest BCUT2D eigenvalue weighted by atomic mass is 9.92. The molecule has 0 bridgehead atoms. The maximum Gasteiger partial charge on any atom is 0.0282 e. The molecule has 3 N–H and O–H groups in total. The van der Waals surface area contributed by atoms with Gasteiger partial charge in [0.25, 0.3) is 0 Å². The highest BCUT2D eigenvalue weighted by molar-refractivity contribution is 5.60. The third kappa shape index (κ3) is 1.50. The number of fused-ring (bicyclic) bond motifs is 1. The normalized spacial score (nSPS) is 22.1. The van der Waals surface area contributed by atoms with Gasteiger partial charge in [-0.15, -0.1) is 0 Å². The number of nitrogens with two attached hydrogens (primary N) is 1. The van der Waals surface area contributed by atoms with Crippen molar-refractivity contribution in [3.05, 3.63) is 29.1 Å². The van der Waals surface area contributed by atoms with E-state index in [0.29, 0.717) is 5.92 Å². The van der Waals surface area contributed by atoms with Crippen molar-refractivity contribution >= 4 is 6.08 Å². The standard InChI is InChI=1S/C12H18N2/c1-3-8(2)11-7-14-12-6-9(13)4-5-10(11)12/h4-5,7-9,14H,3,6,13H2,1-2H3. The largest absolute Gasteiger partial charge is 0.364 e. The van der Waals surface area contributed by atoms with Gasteiger partial charge in [0, 0.05) is 24.4 Å². The number of rotatable bonds is 2. The summed E-state index contributed by atoms with van der Waals surface area (Å²) in [6.07, 6.45) is 8.54. The molecule has 76 valence electrons. The van der Waals surface area contributed by atoms with Gasteiger partial charge in [0.15, 0.2) is 0 Å². The second kappa shape index (κ2) is 3.62. The molecule has 2 nitrogen and oxygen atoms in total. The molecule has 1 aromatic rings. The first-order valence-corrected chi connectivity index (χ1v) is 5.36. The molecular formula is C12H18N2. The number of aromatic amines is 1. The van der Waals surface area contributed by atoms with Crippen molar-refractivity contribution < 1.29 is 0 Å². The van der Waals surface area contributed by atoms with Crippen LogP contribution in [0.15, 0.2) is 12.3 Å². The predicted octanol–water partition coefficient (Wildman–Crippen LogP) is 2.42. The molecule has 0 aliphatic heterocycles. The predicted molar refractivity (Wildman–Crippen MR) is 60.2 cm³/mol. The van der Waals surface area contributed by atoms with Crippen LogP contribution in [0, 0.1) is 0 Å². The highest BCUT2D eigenvalue weighted by Crippen LogP contribution is 2.29. The molecule has 14 heavy (non-hydrogen) atoms. The van der Waals surface area contributed by atoms with Gasteiger partial charge in [-0.05, 0) is 23.5 Å². The minimum absolute atomic E-state index is 0.186. The van der Waals surface area contributed by atoms with E-state index in [-0.39, 0.29) is 6.04 Å². The monoisotopic (exact) mass is 190 g/mol. The molecular weight excluding hydrogens is 172 g/mol. The van der Waals surface area contributed by atoms with E-state index in [1.165, 1.54) is 23.2 Å². The Balaban J connectivity index is 2.36. The van der Waals surface area contributed by atoms with Crippen molar-refractivity contribution in [2.24, 2.45) is 5.73 Å². The van der Waals surface area contributed by atoms with Crippen molar-refractivity contribution in [1.82, 2.24) is 4.98 Å². The molecule has 0 radical (unpaired) electrons. The van der Waals surface area contributed by atoms with Gasteiger partial charge in [0.05, 0.1) is 0 Å². The summed E-state index contributed by atoms with van der Waals surface area (Å²) >= 11 is 0. The smallest absolute Gasteiger partial charge is 0.0282 e. The zero-order valence-electron chi connectivity index (χ0n) is 8.88. The molecule has 1 aliphatic carbocycles. The van der Waals surface area contributed by atoms with Crippen LogP contribution in [0.5, 0.6) is 0 Å². The quantitative estimate of drug-likeness (QED) is 0.739. The Bertz CT molecular complexity index is 349. The summed E-state index contributed by atoms with van der Waals surface area (Å²) in [6, 6.07) is 0.186. The molecule has 0 fully saturated rings. The van der Waals surface area contributed by atoms with Gasteiger partial charge in [-0.2, -0.15) is 0 Å². The van der Waals surface area contributed by atoms with E-state index < -0.39 is 0 Å². The summed E-state index contributed by atoms with van der Waals surface area (Å²) in [5.74, 6) is 0.633. The summed E-state index contributed by atoms with van der Waals surface area (Å²) < 4.78 is 0. The molecule has 0 spiro atoms. The van der Waals surface area contributed by atoms with Crippen LogP contribution in [-0.4, -0.2) is 11.0 Å². The van der Waals surface area contributed by atoms with Crippen molar-refractivity contribution in [1.29, 1.82) is 0 Å². The molecule has 2 atom stereocenters. The molecule has 0 amide bonds. The van der Waals surface area contributed by atoms with Crippen LogP contribution < -0.4 is 5.73 Å². The number of nitrogens with one attached hydrogen (secondary N) is 1. The number of aromatic nitrogens is 1. The van der Waals surface area contributed by atoms with Crippen LogP contribution in [0.1, 0.15) is 43.0 Å². The lowest BCUT2D eigenvalue weighted by molar-refractivity contribution is 0.731. The van der Waals surface area contributed by atoms with Crippen LogP contribution in [0.3, 0.4) is 0 Å². The molecule has 2 rings (SSSR count). The van der Waals surface area contributed by atoms with E-state index in [9.17, 15) is 0 Å². The molecule has 1 aliphatic rings. The second-order valence-corrected chi connectivity index (χ2v) is 4.17. The average molecular weight is 190 g/mol. The third-order valence-electron chi connectivity index (χ3n) is 3.13. The molecule has 0 saturated heterocycles. The number of hydrogen-bond acceptors (Lipinski definition) is 1. The van der Waals surface area contributed by atoms with E-state index in [2.05, 4.69) is 37.2 Å². The van der Waals surface area contributed by atoms with Crippen LogP contribution in [0.2, 0.25) is 0 Å². The maximum atomic E-state index is 5.86. The van der Waals surface area contributed by atoms with Gasteiger partial charge in [0.1, 0.15) is 0 Å². The summed E-state index contributed by atoms with van der Waals surface area (Å²) in [6.45, 7) is 4.49. The van der Waals surface area contributed by atoms with Gasteiger partial charge >= 0.3 is 0 Å². The van der Waals surface area contributed by atoms with Gasteiger partial charge < -0.3 is 10.7 Å². The molecule has 1 aromatic heterocycles. The molecule has 0 saturated carbocycles. The van der Waals surface area contributed by atoms with Crippen molar-refractivity contribution in [2.75, 3.05) is 0 Å². The van der Waals surface area contributed by atoms with Crippen LogP contribution >= 0.6 is 0 Å². The fourth-order valence-corrected chi connectivity index (χ4v) is 2.01. The fraction of sp³-hybridized carbons (Fsp3) is 0.500. The van der Waals surface area contributed by atoms with Crippen LogP contribution in [0.4, 0.5) is 0 Å². The summed E-state index contributed by atoms with van der Waals surface area (Å²) in [5, 5.41) is 0. The Morgan fingerprint density at radius 2 is 2.43 bits per heavy atom. The van der Waals surface area contributed by atoms with Gasteiger partial charge in [-0.25, -0.2) is 0 Å². The van der Waals surface area contributed by atoms with Gasteiger partial charge in [-0.1, -0.05) is 26.0 Å². The lowest BCUT2D eigenvalue weighted by Gasteiger charge is -2.14. The summed E-state index contributed by atoms with van der Waals surface area (Å²) in [5.41, 5.74) is 9.97.